The quantitative estimate of drug-likeness (QED) is 0.412. The van der Waals surface area contributed by atoms with E-state index in [4.69, 9.17) is 0 Å². The molecule has 0 atom stereocenters. The van der Waals surface area contributed by atoms with Gasteiger partial charge in [-0.1, -0.05) is 17.4 Å². The molecule has 120 valence electrons. The lowest BCUT2D eigenvalue weighted by molar-refractivity contribution is 0.103. The predicted molar refractivity (Wildman–Crippen MR) is 98.5 cm³/mol. The second-order valence-electron chi connectivity index (χ2n) is 4.68. The Morgan fingerprint density at radius 1 is 1.25 bits per heavy atom. The molecule has 0 bridgehead atoms. The number of nitrogens with zero attached hydrogens (tertiary/aromatic N) is 4. The molecule has 1 N–H and O–H groups in total. The highest BCUT2D eigenvalue weighted by Crippen LogP contribution is 2.37. The molecule has 6 nitrogen and oxygen atoms in total. The summed E-state index contributed by atoms with van der Waals surface area (Å²) in [4.78, 5) is 21.3. The van der Waals surface area contributed by atoms with E-state index in [-0.39, 0.29) is 5.91 Å². The number of rotatable bonds is 4. The van der Waals surface area contributed by atoms with Gasteiger partial charge in [-0.2, -0.15) is 0 Å². The second kappa shape index (κ2) is 6.55. The third-order valence-electron chi connectivity index (χ3n) is 3.05. The van der Waals surface area contributed by atoms with Gasteiger partial charge in [-0.05, 0) is 41.1 Å². The van der Waals surface area contributed by atoms with Crippen molar-refractivity contribution in [2.75, 3.05) is 5.32 Å². The molecule has 4 heterocycles. The molecule has 0 aliphatic carbocycles. The van der Waals surface area contributed by atoms with Gasteiger partial charge in [-0.25, -0.2) is 9.97 Å². The second-order valence-corrected chi connectivity index (χ2v) is 8.72. The Hall–Kier alpha value is -1.88. The van der Waals surface area contributed by atoms with Crippen LogP contribution in [0.25, 0.3) is 10.2 Å². The zero-order valence-corrected chi connectivity index (χ0v) is 15.5. The maximum absolute atomic E-state index is 12.0. The highest BCUT2D eigenvalue weighted by Gasteiger charge is 2.14. The van der Waals surface area contributed by atoms with Crippen molar-refractivity contribution in [3.63, 3.8) is 0 Å². The molecule has 0 aliphatic heterocycles. The minimum atomic E-state index is -0.170. The van der Waals surface area contributed by atoms with E-state index in [1.807, 2.05) is 18.4 Å². The highest BCUT2D eigenvalue weighted by atomic mass is 32.2. The molecule has 1 amide bonds. The number of aryl methyl sites for hydroxylation is 1. The predicted octanol–water partition coefficient (Wildman–Crippen LogP) is 4.32. The number of amides is 1. The lowest BCUT2D eigenvalue weighted by Crippen LogP contribution is -2.09. The summed E-state index contributed by atoms with van der Waals surface area (Å²) in [5.74, 6) is -0.170. The Bertz CT molecular complexity index is 1010. The fourth-order valence-electron chi connectivity index (χ4n) is 1.97. The van der Waals surface area contributed by atoms with Crippen LogP contribution in [-0.4, -0.2) is 26.1 Å². The number of fused-ring (bicyclic) bond motifs is 1. The van der Waals surface area contributed by atoms with Gasteiger partial charge in [-0.3, -0.25) is 10.1 Å². The molecule has 0 saturated heterocycles. The molecule has 0 saturated carbocycles. The van der Waals surface area contributed by atoms with E-state index in [0.717, 1.165) is 25.1 Å². The monoisotopic (exact) mass is 391 g/mol. The first-order valence-electron chi connectivity index (χ1n) is 6.76. The van der Waals surface area contributed by atoms with Crippen molar-refractivity contribution < 1.29 is 4.79 Å². The largest absolute Gasteiger partial charge is 0.296 e. The third-order valence-corrected chi connectivity index (χ3v) is 7.04. The van der Waals surface area contributed by atoms with Gasteiger partial charge in [0.1, 0.15) is 11.4 Å². The van der Waals surface area contributed by atoms with Crippen LogP contribution in [0.4, 0.5) is 5.13 Å². The number of aromatic nitrogens is 4. The van der Waals surface area contributed by atoms with Gasteiger partial charge in [0.05, 0.1) is 15.1 Å². The van der Waals surface area contributed by atoms with Crippen LogP contribution in [0.5, 0.6) is 0 Å². The molecular formula is C14H9N5OS4. The van der Waals surface area contributed by atoms with E-state index in [1.54, 1.807) is 23.7 Å². The van der Waals surface area contributed by atoms with E-state index >= 15 is 0 Å². The highest BCUT2D eigenvalue weighted by molar-refractivity contribution is 8.01. The van der Waals surface area contributed by atoms with Crippen LogP contribution in [0.3, 0.4) is 0 Å². The first kappa shape index (κ1) is 15.6. The van der Waals surface area contributed by atoms with Crippen LogP contribution in [-0.2, 0) is 0 Å². The summed E-state index contributed by atoms with van der Waals surface area (Å²) in [5.41, 5.74) is 2.11. The summed E-state index contributed by atoms with van der Waals surface area (Å²) in [7, 11) is 0. The standard InChI is InChI=1S/C14H9N5OS4/c1-7-5-22-10-9(7)15-6-16-12(10)23-14-19-18-13(24-14)17-11(20)8-3-2-4-21-8/h2-6H,1H3,(H,17,18,20). The molecule has 4 aromatic rings. The normalized spacial score (nSPS) is 11.0. The van der Waals surface area contributed by atoms with E-state index < -0.39 is 0 Å². The lowest BCUT2D eigenvalue weighted by atomic mass is 10.3. The molecule has 0 unspecified atom stereocenters. The van der Waals surface area contributed by atoms with E-state index in [1.165, 1.54) is 34.4 Å². The Labute approximate surface area is 153 Å². The van der Waals surface area contributed by atoms with Crippen LogP contribution >= 0.6 is 45.8 Å². The average Bonchev–Trinajstić information content (AvgIpc) is 3.30. The van der Waals surface area contributed by atoms with Gasteiger partial charge in [0.25, 0.3) is 5.91 Å². The van der Waals surface area contributed by atoms with Crippen molar-refractivity contribution in [2.45, 2.75) is 16.3 Å². The van der Waals surface area contributed by atoms with Gasteiger partial charge < -0.3 is 0 Å². The van der Waals surface area contributed by atoms with Gasteiger partial charge >= 0.3 is 0 Å². The number of hydrogen-bond donors (Lipinski definition) is 1. The van der Waals surface area contributed by atoms with Crippen molar-refractivity contribution in [3.05, 3.63) is 39.7 Å². The van der Waals surface area contributed by atoms with Gasteiger partial charge in [0.2, 0.25) is 5.13 Å². The molecule has 4 aromatic heterocycles. The third kappa shape index (κ3) is 3.05. The first-order chi connectivity index (χ1) is 11.7. The van der Waals surface area contributed by atoms with Crippen LogP contribution in [0, 0.1) is 6.92 Å². The smallest absolute Gasteiger partial charge is 0.267 e. The topological polar surface area (TPSA) is 80.7 Å². The molecule has 0 aliphatic rings. The number of anilines is 1. The van der Waals surface area contributed by atoms with Crippen molar-refractivity contribution in [1.82, 2.24) is 20.2 Å². The molecule has 24 heavy (non-hydrogen) atoms. The van der Waals surface area contributed by atoms with Crippen molar-refractivity contribution >= 4 is 67.0 Å². The molecular weight excluding hydrogens is 382 g/mol. The maximum atomic E-state index is 12.0. The van der Waals surface area contributed by atoms with Crippen molar-refractivity contribution in [3.8, 4) is 0 Å². The summed E-state index contributed by atoms with van der Waals surface area (Å²) in [6, 6.07) is 3.61. The zero-order chi connectivity index (χ0) is 16.5. The van der Waals surface area contributed by atoms with Crippen LogP contribution in [0.2, 0.25) is 0 Å². The van der Waals surface area contributed by atoms with E-state index in [0.29, 0.717) is 10.0 Å². The molecule has 0 spiro atoms. The SMILES string of the molecule is Cc1csc2c(Sc3nnc(NC(=O)c4cccs4)s3)ncnc12. The molecule has 0 radical (unpaired) electrons. The summed E-state index contributed by atoms with van der Waals surface area (Å²) in [5, 5.41) is 16.2. The maximum Gasteiger partial charge on any atom is 0.267 e. The molecule has 10 heteroatoms. The molecule has 0 fully saturated rings. The molecule has 0 aromatic carbocycles. The first-order valence-corrected chi connectivity index (χ1v) is 10.1. The number of thiophene rings is 2. The summed E-state index contributed by atoms with van der Waals surface area (Å²) >= 11 is 5.76. The molecule has 4 rings (SSSR count). The number of carbonyl (C=O) groups is 1. The van der Waals surface area contributed by atoms with E-state index in [2.05, 4.69) is 30.9 Å². The van der Waals surface area contributed by atoms with Gasteiger partial charge in [0.15, 0.2) is 4.34 Å². The van der Waals surface area contributed by atoms with Crippen molar-refractivity contribution in [1.29, 1.82) is 0 Å². The Morgan fingerprint density at radius 2 is 2.17 bits per heavy atom. The Balaban J connectivity index is 1.53. The van der Waals surface area contributed by atoms with Gasteiger partial charge in [-0.15, -0.1) is 32.9 Å². The summed E-state index contributed by atoms with van der Waals surface area (Å²) < 4.78 is 1.77. The zero-order valence-electron chi connectivity index (χ0n) is 12.2. The number of nitrogens with one attached hydrogen (secondary N) is 1. The fourth-order valence-corrected chi connectivity index (χ4v) is 5.39. The van der Waals surface area contributed by atoms with Crippen LogP contribution < -0.4 is 5.32 Å². The van der Waals surface area contributed by atoms with Gasteiger partial charge in [0, 0.05) is 0 Å². The van der Waals surface area contributed by atoms with Crippen LogP contribution in [0.15, 0.2) is 38.6 Å². The van der Waals surface area contributed by atoms with Crippen LogP contribution in [0.1, 0.15) is 15.2 Å². The Kier molecular flexibility index (Phi) is 4.27. The summed E-state index contributed by atoms with van der Waals surface area (Å²) in [6.45, 7) is 2.03. The lowest BCUT2D eigenvalue weighted by Gasteiger charge is -1.98. The minimum absolute atomic E-state index is 0.170. The fraction of sp³-hybridized carbons (Fsp3) is 0.0714. The number of hydrogen-bond acceptors (Lipinski definition) is 9. The van der Waals surface area contributed by atoms with E-state index in [9.17, 15) is 4.79 Å². The summed E-state index contributed by atoms with van der Waals surface area (Å²) in [6.07, 6.45) is 1.56. The number of carbonyl (C=O) groups excluding carboxylic acids is 1. The Morgan fingerprint density at radius 3 is 3.00 bits per heavy atom. The average molecular weight is 392 g/mol. The minimum Gasteiger partial charge on any atom is -0.296 e. The van der Waals surface area contributed by atoms with Crippen molar-refractivity contribution in [2.24, 2.45) is 0 Å².